The zero-order valence-corrected chi connectivity index (χ0v) is 17.6. The van der Waals surface area contributed by atoms with Crippen molar-refractivity contribution in [2.24, 2.45) is 0 Å². The summed E-state index contributed by atoms with van der Waals surface area (Å²) in [5.41, 5.74) is 2.81. The second kappa shape index (κ2) is 10.6. The van der Waals surface area contributed by atoms with Crippen molar-refractivity contribution in [2.45, 2.75) is 46.0 Å². The van der Waals surface area contributed by atoms with Crippen molar-refractivity contribution in [3.05, 3.63) is 70.5 Å². The van der Waals surface area contributed by atoms with E-state index in [1.807, 2.05) is 30.3 Å². The van der Waals surface area contributed by atoms with Crippen molar-refractivity contribution < 1.29 is 33.6 Å². The molecule has 2 aromatic carbocycles. The van der Waals surface area contributed by atoms with E-state index >= 15 is 0 Å². The fraction of sp³-hybridized carbons (Fsp3) is 0.333. The molecule has 0 aromatic heterocycles. The number of carbonyl (C=O) groups is 2. The molecular formula is C24H26O7. The minimum absolute atomic E-state index is 0.112. The highest BCUT2D eigenvalue weighted by Crippen LogP contribution is 2.27. The van der Waals surface area contributed by atoms with Gasteiger partial charge in [-0.25, -0.2) is 9.59 Å². The van der Waals surface area contributed by atoms with Crippen molar-refractivity contribution in [3.8, 4) is 5.75 Å². The number of aliphatic carboxylic acids is 1. The molecule has 0 bridgehead atoms. The Morgan fingerprint density at radius 1 is 1.13 bits per heavy atom. The summed E-state index contributed by atoms with van der Waals surface area (Å²) in [6, 6.07) is 12.8. The molecule has 1 aliphatic heterocycles. The van der Waals surface area contributed by atoms with Crippen LogP contribution in [0.1, 0.15) is 41.5 Å². The van der Waals surface area contributed by atoms with Gasteiger partial charge in [-0.3, -0.25) is 0 Å². The number of hydrogen-bond donors (Lipinski definition) is 1. The molecule has 3 rings (SSSR count). The fourth-order valence-electron chi connectivity index (χ4n) is 3.30. The van der Waals surface area contributed by atoms with E-state index in [9.17, 15) is 14.7 Å². The second-order valence-electron chi connectivity index (χ2n) is 7.34. The maximum atomic E-state index is 12.1. The minimum Gasteiger partial charge on any atom is -0.475 e. The van der Waals surface area contributed by atoms with Crippen LogP contribution in [0.25, 0.3) is 6.08 Å². The lowest BCUT2D eigenvalue weighted by Gasteiger charge is -2.23. The first-order valence-corrected chi connectivity index (χ1v) is 10.2. The number of rotatable bonds is 7. The van der Waals surface area contributed by atoms with Crippen LogP contribution in [-0.4, -0.2) is 30.1 Å². The minimum atomic E-state index is -1.17. The van der Waals surface area contributed by atoms with Gasteiger partial charge in [0.25, 0.3) is 0 Å². The molecule has 164 valence electrons. The van der Waals surface area contributed by atoms with Crippen LogP contribution in [0, 0.1) is 13.8 Å². The summed E-state index contributed by atoms with van der Waals surface area (Å²) in [6.07, 6.45) is 2.61. The Kier molecular flexibility index (Phi) is 7.67. The van der Waals surface area contributed by atoms with Gasteiger partial charge in [-0.2, -0.15) is 0 Å². The molecule has 1 heterocycles. The van der Waals surface area contributed by atoms with Crippen LogP contribution in [0.2, 0.25) is 0 Å². The first-order chi connectivity index (χ1) is 14.9. The monoisotopic (exact) mass is 426 g/mol. The number of carboxylic acid groups (broad SMARTS) is 1. The Morgan fingerprint density at radius 2 is 1.84 bits per heavy atom. The average molecular weight is 426 g/mol. The van der Waals surface area contributed by atoms with Crippen LogP contribution in [0.3, 0.4) is 0 Å². The number of ether oxygens (including phenoxy) is 4. The SMILES string of the molecule is Cc1cc(C=C(OC2CCCCO2)C(=O)O)cc(C)c1OC(=O)OCc1ccccc1. The number of carboxylic acids is 1. The molecule has 1 aliphatic rings. The van der Waals surface area contributed by atoms with Gasteiger partial charge >= 0.3 is 12.1 Å². The van der Waals surface area contributed by atoms with Crippen molar-refractivity contribution in [2.75, 3.05) is 6.61 Å². The van der Waals surface area contributed by atoms with Crippen molar-refractivity contribution in [1.29, 1.82) is 0 Å². The summed E-state index contributed by atoms with van der Waals surface area (Å²) in [4.78, 5) is 23.7. The third-order valence-corrected chi connectivity index (χ3v) is 4.77. The van der Waals surface area contributed by atoms with E-state index in [1.54, 1.807) is 26.0 Å². The van der Waals surface area contributed by atoms with E-state index in [1.165, 1.54) is 6.08 Å². The fourth-order valence-corrected chi connectivity index (χ4v) is 3.30. The van der Waals surface area contributed by atoms with Crippen molar-refractivity contribution in [3.63, 3.8) is 0 Å². The van der Waals surface area contributed by atoms with E-state index in [-0.39, 0.29) is 12.4 Å². The standard InChI is InChI=1S/C24H26O7/c1-16-12-19(14-20(23(25)26)30-21-10-6-7-11-28-21)13-17(2)22(16)31-24(27)29-15-18-8-4-3-5-9-18/h3-5,8-9,12-14,21H,6-7,10-11,15H2,1-2H3,(H,25,26). The molecule has 1 unspecified atom stereocenters. The molecule has 1 saturated heterocycles. The highest BCUT2D eigenvalue weighted by molar-refractivity contribution is 5.90. The Hall–Kier alpha value is -3.32. The normalized spacial score (nSPS) is 16.5. The van der Waals surface area contributed by atoms with Gasteiger partial charge in [-0.15, -0.1) is 0 Å². The largest absolute Gasteiger partial charge is 0.514 e. The van der Waals surface area contributed by atoms with E-state index in [0.29, 0.717) is 35.5 Å². The molecule has 0 saturated carbocycles. The molecule has 7 heteroatoms. The van der Waals surface area contributed by atoms with E-state index < -0.39 is 18.4 Å². The second-order valence-corrected chi connectivity index (χ2v) is 7.34. The Labute approximate surface area is 181 Å². The number of aryl methyl sites for hydroxylation is 2. The smallest absolute Gasteiger partial charge is 0.475 e. The summed E-state index contributed by atoms with van der Waals surface area (Å²) in [5.74, 6) is -0.987. The molecule has 1 atom stereocenters. The quantitative estimate of drug-likeness (QED) is 0.289. The van der Waals surface area contributed by atoms with Crippen molar-refractivity contribution in [1.82, 2.24) is 0 Å². The number of hydrogen-bond acceptors (Lipinski definition) is 6. The van der Waals surface area contributed by atoms with Crippen LogP contribution in [-0.2, 0) is 25.6 Å². The highest BCUT2D eigenvalue weighted by atomic mass is 16.7. The van der Waals surface area contributed by atoms with Gasteiger partial charge < -0.3 is 24.1 Å². The first kappa shape index (κ1) is 22.4. The van der Waals surface area contributed by atoms with Crippen LogP contribution in [0.15, 0.2) is 48.2 Å². The average Bonchev–Trinajstić information content (AvgIpc) is 2.76. The Bertz CT molecular complexity index is 921. The first-order valence-electron chi connectivity index (χ1n) is 10.2. The maximum Gasteiger partial charge on any atom is 0.514 e. The lowest BCUT2D eigenvalue weighted by atomic mass is 10.0. The summed E-state index contributed by atoms with van der Waals surface area (Å²) in [6.45, 7) is 4.22. The third kappa shape index (κ3) is 6.58. The zero-order chi connectivity index (χ0) is 22.2. The van der Waals surface area contributed by atoms with E-state index in [0.717, 1.165) is 18.4 Å². The van der Waals surface area contributed by atoms with Crippen LogP contribution < -0.4 is 4.74 Å². The highest BCUT2D eigenvalue weighted by Gasteiger charge is 2.20. The lowest BCUT2D eigenvalue weighted by Crippen LogP contribution is -2.24. The third-order valence-electron chi connectivity index (χ3n) is 4.77. The lowest BCUT2D eigenvalue weighted by molar-refractivity contribution is -0.159. The molecule has 0 radical (unpaired) electrons. The van der Waals surface area contributed by atoms with Crippen LogP contribution in [0.5, 0.6) is 5.75 Å². The molecule has 31 heavy (non-hydrogen) atoms. The number of benzene rings is 2. The molecule has 1 N–H and O–H groups in total. The predicted molar refractivity (Wildman–Crippen MR) is 113 cm³/mol. The van der Waals surface area contributed by atoms with Gasteiger partial charge in [0.05, 0.1) is 6.61 Å². The Balaban J connectivity index is 1.68. The summed E-state index contributed by atoms with van der Waals surface area (Å²) in [5, 5.41) is 9.50. The van der Waals surface area contributed by atoms with Crippen LogP contribution >= 0.6 is 0 Å². The topological polar surface area (TPSA) is 91.3 Å². The van der Waals surface area contributed by atoms with Gasteiger partial charge in [0.15, 0.2) is 6.29 Å². The van der Waals surface area contributed by atoms with Gasteiger partial charge in [0.2, 0.25) is 5.76 Å². The van der Waals surface area contributed by atoms with Gasteiger partial charge in [0.1, 0.15) is 12.4 Å². The van der Waals surface area contributed by atoms with Gasteiger partial charge in [-0.1, -0.05) is 30.3 Å². The predicted octanol–water partition coefficient (Wildman–Crippen LogP) is 4.99. The summed E-state index contributed by atoms with van der Waals surface area (Å²) >= 11 is 0. The number of carbonyl (C=O) groups excluding carboxylic acids is 1. The summed E-state index contributed by atoms with van der Waals surface area (Å²) < 4.78 is 21.5. The maximum absolute atomic E-state index is 12.1. The van der Waals surface area contributed by atoms with E-state index in [4.69, 9.17) is 18.9 Å². The zero-order valence-electron chi connectivity index (χ0n) is 17.6. The molecule has 0 spiro atoms. The molecule has 7 nitrogen and oxygen atoms in total. The molecule has 2 aromatic rings. The molecule has 0 aliphatic carbocycles. The molecule has 0 amide bonds. The van der Waals surface area contributed by atoms with Gasteiger partial charge in [-0.05, 0) is 67.2 Å². The van der Waals surface area contributed by atoms with Gasteiger partial charge in [0, 0.05) is 6.42 Å². The van der Waals surface area contributed by atoms with Crippen LogP contribution in [0.4, 0.5) is 4.79 Å². The van der Waals surface area contributed by atoms with Crippen molar-refractivity contribution >= 4 is 18.2 Å². The molecular weight excluding hydrogens is 400 g/mol. The molecule has 1 fully saturated rings. The summed E-state index contributed by atoms with van der Waals surface area (Å²) in [7, 11) is 0. The Morgan fingerprint density at radius 3 is 2.45 bits per heavy atom. The van der Waals surface area contributed by atoms with E-state index in [2.05, 4.69) is 0 Å².